The molecule has 1 fully saturated rings. The van der Waals surface area contributed by atoms with Crippen LogP contribution in [0.25, 0.3) is 0 Å². The van der Waals surface area contributed by atoms with E-state index in [0.29, 0.717) is 5.95 Å². The highest BCUT2D eigenvalue weighted by Crippen LogP contribution is 2.34. The molecule has 1 aromatic rings. The quantitative estimate of drug-likeness (QED) is 0.429. The van der Waals surface area contributed by atoms with Crippen molar-refractivity contribution < 1.29 is 9.84 Å². The van der Waals surface area contributed by atoms with E-state index in [1.165, 1.54) is 0 Å². The lowest BCUT2D eigenvalue weighted by molar-refractivity contribution is 0.143. The number of aliphatic hydroxyl groups is 1. The molecule has 106 valence electrons. The largest absolute Gasteiger partial charge is 0.461 e. The van der Waals surface area contributed by atoms with E-state index in [2.05, 4.69) is 25.7 Å². The first kappa shape index (κ1) is 13.8. The van der Waals surface area contributed by atoms with Gasteiger partial charge in [0.2, 0.25) is 11.9 Å². The smallest absolute Gasteiger partial charge is 0.323 e. The topological polar surface area (TPSA) is 118 Å². The lowest BCUT2D eigenvalue weighted by Crippen LogP contribution is -2.48. The van der Waals surface area contributed by atoms with Gasteiger partial charge in [-0.05, 0) is 33.1 Å². The third kappa shape index (κ3) is 3.21. The molecule has 1 aromatic heterocycles. The first-order chi connectivity index (χ1) is 9.07. The molecule has 0 aromatic carbocycles. The normalized spacial score (nSPS) is 16.9. The molecular formula is C11H20N6O2. The van der Waals surface area contributed by atoms with E-state index >= 15 is 0 Å². The summed E-state index contributed by atoms with van der Waals surface area (Å²) in [6, 6.07) is 0.202. The Balaban J connectivity index is 2.18. The van der Waals surface area contributed by atoms with Gasteiger partial charge < -0.3 is 15.2 Å². The summed E-state index contributed by atoms with van der Waals surface area (Å²) in [6.07, 6.45) is 2.81. The van der Waals surface area contributed by atoms with E-state index in [-0.39, 0.29) is 30.2 Å². The minimum absolute atomic E-state index is 0.0450. The second-order valence-corrected chi connectivity index (χ2v) is 4.99. The van der Waals surface area contributed by atoms with Crippen LogP contribution in [0.2, 0.25) is 0 Å². The van der Waals surface area contributed by atoms with Crippen molar-refractivity contribution in [2.75, 3.05) is 17.3 Å². The van der Waals surface area contributed by atoms with Crippen molar-refractivity contribution in [3.05, 3.63) is 0 Å². The van der Waals surface area contributed by atoms with Gasteiger partial charge in [0, 0.05) is 0 Å². The number of nitrogens with one attached hydrogen (secondary N) is 2. The number of nitrogen functional groups attached to an aromatic ring is 1. The van der Waals surface area contributed by atoms with Gasteiger partial charge in [-0.25, -0.2) is 5.84 Å². The Hall–Kier alpha value is -1.67. The molecule has 19 heavy (non-hydrogen) atoms. The highest BCUT2D eigenvalue weighted by atomic mass is 16.5. The minimum Gasteiger partial charge on any atom is -0.461 e. The zero-order chi connectivity index (χ0) is 13.9. The zero-order valence-electron chi connectivity index (χ0n) is 11.2. The summed E-state index contributed by atoms with van der Waals surface area (Å²) in [5, 5.41) is 12.6. The third-order valence-corrected chi connectivity index (χ3v) is 3.08. The number of nitrogens with two attached hydrogens (primary N) is 1. The average Bonchev–Trinajstić information content (AvgIpc) is 2.32. The molecule has 0 spiro atoms. The summed E-state index contributed by atoms with van der Waals surface area (Å²) in [7, 11) is 0. The zero-order valence-corrected chi connectivity index (χ0v) is 11.2. The van der Waals surface area contributed by atoms with E-state index in [9.17, 15) is 5.11 Å². The number of aromatic nitrogens is 3. The second-order valence-electron chi connectivity index (χ2n) is 4.99. The van der Waals surface area contributed by atoms with Gasteiger partial charge in [0.15, 0.2) is 0 Å². The van der Waals surface area contributed by atoms with Crippen molar-refractivity contribution in [3.63, 3.8) is 0 Å². The Labute approximate surface area is 111 Å². The molecule has 8 nitrogen and oxygen atoms in total. The van der Waals surface area contributed by atoms with Crippen LogP contribution in [0.4, 0.5) is 11.9 Å². The Morgan fingerprint density at radius 3 is 2.47 bits per heavy atom. The van der Waals surface area contributed by atoms with Crippen LogP contribution in [0, 0.1) is 0 Å². The Bertz CT molecular complexity index is 430. The van der Waals surface area contributed by atoms with Gasteiger partial charge in [0.1, 0.15) is 0 Å². The first-order valence-corrected chi connectivity index (χ1v) is 6.35. The number of hydrazine groups is 1. The average molecular weight is 268 g/mol. The maximum Gasteiger partial charge on any atom is 0.323 e. The van der Waals surface area contributed by atoms with Crippen molar-refractivity contribution in [1.82, 2.24) is 15.0 Å². The Morgan fingerprint density at radius 1 is 1.32 bits per heavy atom. The van der Waals surface area contributed by atoms with Gasteiger partial charge in [-0.2, -0.15) is 15.0 Å². The highest BCUT2D eigenvalue weighted by Gasteiger charge is 2.37. The van der Waals surface area contributed by atoms with Crippen molar-refractivity contribution in [2.24, 2.45) is 5.84 Å². The molecule has 0 aliphatic heterocycles. The van der Waals surface area contributed by atoms with E-state index in [1.54, 1.807) is 0 Å². The number of ether oxygens (including phenoxy) is 1. The van der Waals surface area contributed by atoms with E-state index in [4.69, 9.17) is 10.6 Å². The Morgan fingerprint density at radius 2 is 2.00 bits per heavy atom. The van der Waals surface area contributed by atoms with Crippen molar-refractivity contribution in [1.29, 1.82) is 0 Å². The molecule has 0 amide bonds. The number of hydrogen-bond donors (Lipinski definition) is 4. The van der Waals surface area contributed by atoms with Crippen LogP contribution >= 0.6 is 0 Å². The lowest BCUT2D eigenvalue weighted by Gasteiger charge is -2.40. The third-order valence-electron chi connectivity index (χ3n) is 3.08. The Kier molecular flexibility index (Phi) is 4.01. The molecule has 1 saturated carbocycles. The fraction of sp³-hybridized carbons (Fsp3) is 0.727. The summed E-state index contributed by atoms with van der Waals surface area (Å²) in [5.74, 6) is 5.90. The maximum atomic E-state index is 9.43. The van der Waals surface area contributed by atoms with Crippen LogP contribution in [0.5, 0.6) is 6.01 Å². The van der Waals surface area contributed by atoms with Crippen LogP contribution in [0.15, 0.2) is 0 Å². The molecular weight excluding hydrogens is 248 g/mol. The SMILES string of the molecule is CC(C)Oc1nc(NN)nc(NC2(CO)CCC2)n1. The maximum absolute atomic E-state index is 9.43. The number of aliphatic hydroxyl groups excluding tert-OH is 1. The van der Waals surface area contributed by atoms with Crippen LogP contribution in [-0.4, -0.2) is 38.3 Å². The van der Waals surface area contributed by atoms with Gasteiger partial charge in [-0.3, -0.25) is 5.43 Å². The molecule has 1 aliphatic rings. The predicted molar refractivity (Wildman–Crippen MR) is 70.7 cm³/mol. The fourth-order valence-electron chi connectivity index (χ4n) is 1.90. The number of anilines is 2. The van der Waals surface area contributed by atoms with E-state index in [1.807, 2.05) is 13.8 Å². The first-order valence-electron chi connectivity index (χ1n) is 6.35. The molecule has 0 radical (unpaired) electrons. The van der Waals surface area contributed by atoms with E-state index < -0.39 is 0 Å². The van der Waals surface area contributed by atoms with Crippen LogP contribution in [0.1, 0.15) is 33.1 Å². The molecule has 1 heterocycles. The predicted octanol–water partition coefficient (Wildman–Crippen LogP) is 0.271. The van der Waals surface area contributed by atoms with Gasteiger partial charge >= 0.3 is 6.01 Å². The molecule has 0 bridgehead atoms. The molecule has 8 heteroatoms. The number of hydrogen-bond acceptors (Lipinski definition) is 8. The van der Waals surface area contributed by atoms with Crippen LogP contribution in [0.3, 0.4) is 0 Å². The lowest BCUT2D eigenvalue weighted by atomic mass is 9.77. The summed E-state index contributed by atoms with van der Waals surface area (Å²) >= 11 is 0. The summed E-state index contributed by atoms with van der Waals surface area (Å²) in [6.45, 7) is 3.81. The molecule has 1 aliphatic carbocycles. The minimum atomic E-state index is -0.331. The fourth-order valence-corrected chi connectivity index (χ4v) is 1.90. The van der Waals surface area contributed by atoms with Crippen molar-refractivity contribution >= 4 is 11.9 Å². The second kappa shape index (κ2) is 5.54. The van der Waals surface area contributed by atoms with Crippen LogP contribution in [-0.2, 0) is 0 Å². The molecule has 5 N–H and O–H groups in total. The van der Waals surface area contributed by atoms with Crippen molar-refractivity contribution in [2.45, 2.75) is 44.8 Å². The van der Waals surface area contributed by atoms with Gasteiger partial charge in [0.25, 0.3) is 0 Å². The van der Waals surface area contributed by atoms with Gasteiger partial charge in [-0.15, -0.1) is 0 Å². The summed E-state index contributed by atoms with van der Waals surface area (Å²) < 4.78 is 5.44. The van der Waals surface area contributed by atoms with Gasteiger partial charge in [0.05, 0.1) is 18.2 Å². The highest BCUT2D eigenvalue weighted by molar-refractivity contribution is 5.38. The molecule has 0 unspecified atom stereocenters. The number of nitrogens with zero attached hydrogens (tertiary/aromatic N) is 3. The molecule has 2 rings (SSSR count). The van der Waals surface area contributed by atoms with Crippen LogP contribution < -0.4 is 21.3 Å². The van der Waals surface area contributed by atoms with Gasteiger partial charge in [-0.1, -0.05) is 0 Å². The number of rotatable bonds is 6. The monoisotopic (exact) mass is 268 g/mol. The van der Waals surface area contributed by atoms with E-state index in [0.717, 1.165) is 19.3 Å². The molecule has 0 atom stereocenters. The summed E-state index contributed by atoms with van der Waals surface area (Å²) in [4.78, 5) is 12.3. The summed E-state index contributed by atoms with van der Waals surface area (Å²) in [5.41, 5.74) is 2.05. The van der Waals surface area contributed by atoms with Crippen molar-refractivity contribution in [3.8, 4) is 6.01 Å². The molecule has 0 saturated heterocycles. The standard InChI is InChI=1S/C11H20N6O2/c1-7(2)19-10-14-8(13-9(15-10)17-12)16-11(6-18)4-3-5-11/h7,18H,3-6,12H2,1-2H3,(H2,13,14,15,16,17).